The summed E-state index contributed by atoms with van der Waals surface area (Å²) in [4.78, 5) is 1.45. The molecular weight excluding hydrogens is 374 g/mol. The molecule has 0 unspecified atom stereocenters. The highest BCUT2D eigenvalue weighted by atomic mass is 35.5. The maximum absolute atomic E-state index is 13.4. The molecule has 2 rings (SSSR count). The van der Waals surface area contributed by atoms with Crippen LogP contribution in [0.1, 0.15) is 23.6 Å². The predicted molar refractivity (Wildman–Crippen MR) is 83.1 cm³/mol. The Balaban J connectivity index is 0.00000312. The normalized spacial score (nSPS) is 17.7. The molecule has 0 spiro atoms. The van der Waals surface area contributed by atoms with Gasteiger partial charge < -0.3 is 10.1 Å². The van der Waals surface area contributed by atoms with E-state index in [0.717, 1.165) is 12.1 Å². The standard InChI is InChI=1S/C15H18F6N2O.ClH/c1-24-10-2-3-11(12(8-10)15(19,20)21)13(9-14(16,17)18)23-6-4-22-5-7-23;/h2-3,8,13,22H,4-7,9H2,1H3;1H/t13-;/m1./s1. The van der Waals surface area contributed by atoms with Crippen LogP contribution < -0.4 is 10.1 Å². The topological polar surface area (TPSA) is 24.5 Å². The van der Waals surface area contributed by atoms with Gasteiger partial charge in [0.1, 0.15) is 5.75 Å². The zero-order chi connectivity index (χ0) is 18.0. The van der Waals surface area contributed by atoms with E-state index >= 15 is 0 Å². The van der Waals surface area contributed by atoms with Crippen LogP contribution in [-0.4, -0.2) is 44.4 Å². The number of methoxy groups -OCH3 is 1. The molecule has 0 aliphatic carbocycles. The molecule has 0 bridgehead atoms. The minimum atomic E-state index is -4.76. The summed E-state index contributed by atoms with van der Waals surface area (Å²) >= 11 is 0. The predicted octanol–water partition coefficient (Wildman–Crippen LogP) is 4.03. The lowest BCUT2D eigenvalue weighted by molar-refractivity contribution is -0.153. The number of nitrogens with zero attached hydrogens (tertiary/aromatic N) is 1. The van der Waals surface area contributed by atoms with Crippen molar-refractivity contribution < 1.29 is 31.1 Å². The first kappa shape index (κ1) is 21.9. The number of hydrogen-bond acceptors (Lipinski definition) is 3. The lowest BCUT2D eigenvalue weighted by Gasteiger charge is -2.36. The molecule has 25 heavy (non-hydrogen) atoms. The molecule has 3 nitrogen and oxygen atoms in total. The Morgan fingerprint density at radius 1 is 1.12 bits per heavy atom. The smallest absolute Gasteiger partial charge is 0.416 e. The molecule has 10 heteroatoms. The Hall–Kier alpha value is -1.19. The summed E-state index contributed by atoms with van der Waals surface area (Å²) < 4.78 is 83.8. The summed E-state index contributed by atoms with van der Waals surface area (Å²) in [5, 5.41) is 2.98. The third kappa shape index (κ3) is 5.93. The zero-order valence-corrected chi connectivity index (χ0v) is 14.2. The Kier molecular flexibility index (Phi) is 7.40. The Labute approximate surface area is 147 Å². The molecule has 1 aliphatic heterocycles. The summed E-state index contributed by atoms with van der Waals surface area (Å²) in [7, 11) is 1.21. The third-order valence-corrected chi connectivity index (χ3v) is 3.94. The van der Waals surface area contributed by atoms with Crippen LogP contribution in [0, 0.1) is 0 Å². The molecule has 1 aromatic rings. The molecule has 1 fully saturated rings. The zero-order valence-electron chi connectivity index (χ0n) is 13.4. The first-order valence-electron chi connectivity index (χ1n) is 7.38. The highest BCUT2D eigenvalue weighted by Crippen LogP contribution is 2.42. The Morgan fingerprint density at radius 2 is 1.72 bits per heavy atom. The summed E-state index contributed by atoms with van der Waals surface area (Å²) in [6.45, 7) is 1.38. The van der Waals surface area contributed by atoms with Gasteiger partial charge in [-0.2, -0.15) is 26.3 Å². The SMILES string of the molecule is COc1ccc([C@@H](CC(F)(F)F)N2CCNCC2)c(C(F)(F)F)c1.Cl. The van der Waals surface area contributed by atoms with E-state index in [0.29, 0.717) is 13.1 Å². The van der Waals surface area contributed by atoms with Crippen LogP contribution >= 0.6 is 12.4 Å². The number of piperazine rings is 1. The van der Waals surface area contributed by atoms with E-state index < -0.39 is 30.4 Å². The average Bonchev–Trinajstić information content (AvgIpc) is 2.51. The van der Waals surface area contributed by atoms with E-state index in [-0.39, 0.29) is 36.8 Å². The second-order valence-electron chi connectivity index (χ2n) is 5.57. The van der Waals surface area contributed by atoms with E-state index in [1.54, 1.807) is 0 Å². The maximum Gasteiger partial charge on any atom is 0.416 e. The molecule has 0 aromatic heterocycles. The molecule has 1 aromatic carbocycles. The van der Waals surface area contributed by atoms with Gasteiger partial charge in [0.05, 0.1) is 19.1 Å². The number of halogens is 7. The lowest BCUT2D eigenvalue weighted by Crippen LogP contribution is -2.46. The largest absolute Gasteiger partial charge is 0.497 e. The second-order valence-corrected chi connectivity index (χ2v) is 5.57. The molecule has 1 aliphatic rings. The van der Waals surface area contributed by atoms with Crippen molar-refractivity contribution in [2.75, 3.05) is 33.3 Å². The molecule has 0 amide bonds. The van der Waals surface area contributed by atoms with E-state index in [4.69, 9.17) is 4.74 Å². The van der Waals surface area contributed by atoms with Crippen molar-refractivity contribution in [1.29, 1.82) is 0 Å². The Morgan fingerprint density at radius 3 is 2.20 bits per heavy atom. The highest BCUT2D eigenvalue weighted by Gasteiger charge is 2.41. The van der Waals surface area contributed by atoms with Crippen molar-refractivity contribution in [2.24, 2.45) is 0 Å². The number of rotatable bonds is 4. The van der Waals surface area contributed by atoms with Gasteiger partial charge in [0.25, 0.3) is 0 Å². The number of ether oxygens (including phenoxy) is 1. The summed E-state index contributed by atoms with van der Waals surface area (Å²) in [5.74, 6) is -0.0443. The van der Waals surface area contributed by atoms with Gasteiger partial charge in [0, 0.05) is 32.2 Å². The van der Waals surface area contributed by atoms with E-state index in [9.17, 15) is 26.3 Å². The fourth-order valence-corrected chi connectivity index (χ4v) is 2.85. The van der Waals surface area contributed by atoms with Crippen LogP contribution in [0.2, 0.25) is 0 Å². The average molecular weight is 393 g/mol. The summed E-state index contributed by atoms with van der Waals surface area (Å²) in [6, 6.07) is 1.71. The first-order chi connectivity index (χ1) is 11.1. The number of hydrogen-bond donors (Lipinski definition) is 1. The van der Waals surface area contributed by atoms with Gasteiger partial charge in [-0.3, -0.25) is 4.90 Å². The van der Waals surface area contributed by atoms with Crippen LogP contribution in [0.15, 0.2) is 18.2 Å². The molecule has 1 saturated heterocycles. The molecule has 1 atom stereocenters. The van der Waals surface area contributed by atoms with E-state index in [1.807, 2.05) is 0 Å². The van der Waals surface area contributed by atoms with Crippen LogP contribution in [0.3, 0.4) is 0 Å². The van der Waals surface area contributed by atoms with E-state index in [2.05, 4.69) is 5.32 Å². The second kappa shape index (κ2) is 8.46. The molecule has 1 N–H and O–H groups in total. The maximum atomic E-state index is 13.4. The number of alkyl halides is 6. The van der Waals surface area contributed by atoms with Gasteiger partial charge >= 0.3 is 12.4 Å². The quantitative estimate of drug-likeness (QED) is 0.783. The first-order valence-corrected chi connectivity index (χ1v) is 7.38. The highest BCUT2D eigenvalue weighted by molar-refractivity contribution is 5.85. The van der Waals surface area contributed by atoms with Crippen molar-refractivity contribution in [3.05, 3.63) is 29.3 Å². The van der Waals surface area contributed by atoms with Gasteiger partial charge in [-0.25, -0.2) is 0 Å². The van der Waals surface area contributed by atoms with Gasteiger partial charge in [0.15, 0.2) is 0 Å². The van der Waals surface area contributed by atoms with Crippen molar-refractivity contribution in [3.63, 3.8) is 0 Å². The molecule has 1 heterocycles. The monoisotopic (exact) mass is 392 g/mol. The van der Waals surface area contributed by atoms with Crippen molar-refractivity contribution in [1.82, 2.24) is 10.2 Å². The summed E-state index contributed by atoms with van der Waals surface area (Å²) in [6.07, 6.45) is -10.7. The number of benzene rings is 1. The van der Waals surface area contributed by atoms with Crippen LogP contribution in [0.5, 0.6) is 5.75 Å². The lowest BCUT2D eigenvalue weighted by atomic mass is 9.95. The molecule has 0 saturated carbocycles. The van der Waals surface area contributed by atoms with Crippen LogP contribution in [-0.2, 0) is 6.18 Å². The van der Waals surface area contributed by atoms with Gasteiger partial charge in [0.2, 0.25) is 0 Å². The van der Waals surface area contributed by atoms with Crippen molar-refractivity contribution in [2.45, 2.75) is 24.8 Å². The molecular formula is C15H19ClF6N2O. The fourth-order valence-electron chi connectivity index (χ4n) is 2.85. The molecule has 144 valence electrons. The van der Waals surface area contributed by atoms with E-state index in [1.165, 1.54) is 18.1 Å². The van der Waals surface area contributed by atoms with Crippen LogP contribution in [0.25, 0.3) is 0 Å². The fraction of sp³-hybridized carbons (Fsp3) is 0.600. The molecule has 0 radical (unpaired) electrons. The Bertz CT molecular complexity index is 558. The van der Waals surface area contributed by atoms with Gasteiger partial charge in [-0.1, -0.05) is 6.07 Å². The minimum Gasteiger partial charge on any atom is -0.497 e. The number of nitrogens with one attached hydrogen (secondary N) is 1. The minimum absolute atomic E-state index is 0. The van der Waals surface area contributed by atoms with Crippen molar-refractivity contribution >= 4 is 12.4 Å². The summed E-state index contributed by atoms with van der Waals surface area (Å²) in [5.41, 5.74) is -1.46. The van der Waals surface area contributed by atoms with Crippen molar-refractivity contribution in [3.8, 4) is 5.75 Å². The van der Waals surface area contributed by atoms with Gasteiger partial charge in [-0.05, 0) is 17.7 Å². The van der Waals surface area contributed by atoms with Gasteiger partial charge in [-0.15, -0.1) is 12.4 Å². The third-order valence-electron chi connectivity index (χ3n) is 3.94. The van der Waals surface area contributed by atoms with Crippen LogP contribution in [0.4, 0.5) is 26.3 Å².